The second kappa shape index (κ2) is 7.09. The summed E-state index contributed by atoms with van der Waals surface area (Å²) in [6.45, 7) is 4.51. The minimum atomic E-state index is -1.16. The maximum atomic E-state index is 12.6. The number of rotatable bonds is 5. The van der Waals surface area contributed by atoms with Crippen molar-refractivity contribution in [1.29, 1.82) is 0 Å². The maximum Gasteiger partial charge on any atom is 0.329 e. The quantitative estimate of drug-likeness (QED) is 0.847. The fourth-order valence-corrected chi connectivity index (χ4v) is 3.88. The zero-order chi connectivity index (χ0) is 18.9. The topological polar surface area (TPSA) is 86.7 Å². The lowest BCUT2D eigenvalue weighted by Gasteiger charge is -2.27. The van der Waals surface area contributed by atoms with Gasteiger partial charge in [0.15, 0.2) is 0 Å². The number of anilines is 1. The molecule has 2 aliphatic rings. The molecule has 1 saturated carbocycles. The lowest BCUT2D eigenvalue weighted by atomic mass is 9.96. The third-order valence-electron chi connectivity index (χ3n) is 5.60. The normalized spacial score (nSPS) is 22.0. The molecular formula is C20H26N2O4. The summed E-state index contributed by atoms with van der Waals surface area (Å²) in [6.07, 6.45) is 2.62. The molecule has 1 aromatic carbocycles. The highest BCUT2D eigenvalue weighted by atomic mass is 16.4. The lowest BCUT2D eigenvalue weighted by molar-refractivity contribution is -0.148. The molecule has 2 fully saturated rings. The van der Waals surface area contributed by atoms with E-state index >= 15 is 0 Å². The zero-order valence-corrected chi connectivity index (χ0v) is 15.3. The van der Waals surface area contributed by atoms with Crippen molar-refractivity contribution >= 4 is 23.5 Å². The maximum absolute atomic E-state index is 12.6. The number of nitrogens with zero attached hydrogens (tertiary/aromatic N) is 1. The molecule has 1 atom stereocenters. The molecule has 140 valence electrons. The van der Waals surface area contributed by atoms with Crippen molar-refractivity contribution in [2.75, 3.05) is 11.4 Å². The largest absolute Gasteiger partial charge is 0.480 e. The molecule has 1 unspecified atom stereocenters. The summed E-state index contributed by atoms with van der Waals surface area (Å²) < 4.78 is 0. The summed E-state index contributed by atoms with van der Waals surface area (Å²) in [5.74, 6) is -1.50. The minimum absolute atomic E-state index is 0.0988. The standard InChI is InChI=1S/C20H26N2O4/c1-13(2)14-5-7-16(8-6-14)22-12-15(11-17(22)23)18(24)21-20(19(25)26)9-3-4-10-20/h5-8,13,15H,3-4,9-12H2,1-2H3,(H,21,24)(H,25,26). The van der Waals surface area contributed by atoms with E-state index in [9.17, 15) is 19.5 Å². The van der Waals surface area contributed by atoms with Crippen LogP contribution < -0.4 is 10.2 Å². The molecule has 0 radical (unpaired) electrons. The highest BCUT2D eigenvalue weighted by molar-refractivity contribution is 6.01. The first-order valence-corrected chi connectivity index (χ1v) is 9.28. The van der Waals surface area contributed by atoms with Crippen LogP contribution in [0.25, 0.3) is 0 Å². The Morgan fingerprint density at radius 3 is 2.35 bits per heavy atom. The van der Waals surface area contributed by atoms with E-state index in [-0.39, 0.29) is 18.2 Å². The van der Waals surface area contributed by atoms with Gasteiger partial charge in [0.1, 0.15) is 5.54 Å². The van der Waals surface area contributed by atoms with Gasteiger partial charge in [-0.2, -0.15) is 0 Å². The summed E-state index contributed by atoms with van der Waals surface area (Å²) >= 11 is 0. The second-order valence-corrected chi connectivity index (χ2v) is 7.74. The first kappa shape index (κ1) is 18.4. The Balaban J connectivity index is 1.69. The van der Waals surface area contributed by atoms with E-state index in [4.69, 9.17) is 0 Å². The van der Waals surface area contributed by atoms with E-state index in [1.165, 1.54) is 5.56 Å². The number of carbonyl (C=O) groups excluding carboxylic acids is 2. The zero-order valence-electron chi connectivity index (χ0n) is 15.3. The Hall–Kier alpha value is -2.37. The van der Waals surface area contributed by atoms with Crippen LogP contribution in [0.3, 0.4) is 0 Å². The molecule has 1 heterocycles. The highest BCUT2D eigenvalue weighted by Crippen LogP contribution is 2.32. The van der Waals surface area contributed by atoms with Crippen molar-refractivity contribution in [1.82, 2.24) is 5.32 Å². The molecule has 26 heavy (non-hydrogen) atoms. The van der Waals surface area contributed by atoms with Gasteiger partial charge >= 0.3 is 5.97 Å². The van der Waals surface area contributed by atoms with Crippen molar-refractivity contribution in [3.05, 3.63) is 29.8 Å². The van der Waals surface area contributed by atoms with Gasteiger partial charge in [0.05, 0.1) is 5.92 Å². The third-order valence-corrected chi connectivity index (χ3v) is 5.60. The minimum Gasteiger partial charge on any atom is -0.480 e. The number of nitrogens with one attached hydrogen (secondary N) is 1. The Morgan fingerprint density at radius 2 is 1.81 bits per heavy atom. The van der Waals surface area contributed by atoms with E-state index in [1.807, 2.05) is 24.3 Å². The number of aliphatic carboxylic acids is 1. The molecule has 6 nitrogen and oxygen atoms in total. The van der Waals surface area contributed by atoms with Gasteiger partial charge in [-0.1, -0.05) is 38.8 Å². The fraction of sp³-hybridized carbons (Fsp3) is 0.550. The van der Waals surface area contributed by atoms with Crippen LogP contribution in [0.2, 0.25) is 0 Å². The van der Waals surface area contributed by atoms with Gasteiger partial charge in [0.2, 0.25) is 11.8 Å². The van der Waals surface area contributed by atoms with Crippen LogP contribution in [-0.2, 0) is 14.4 Å². The predicted octanol–water partition coefficient (Wildman–Crippen LogP) is 2.68. The van der Waals surface area contributed by atoms with Gasteiger partial charge in [-0.05, 0) is 36.5 Å². The van der Waals surface area contributed by atoms with Crippen LogP contribution in [0.15, 0.2) is 24.3 Å². The van der Waals surface area contributed by atoms with Crippen LogP contribution in [0, 0.1) is 5.92 Å². The number of hydrogen-bond acceptors (Lipinski definition) is 3. The van der Waals surface area contributed by atoms with E-state index in [2.05, 4.69) is 19.2 Å². The van der Waals surface area contributed by atoms with Crippen molar-refractivity contribution in [2.45, 2.75) is 57.4 Å². The first-order valence-electron chi connectivity index (χ1n) is 9.28. The second-order valence-electron chi connectivity index (χ2n) is 7.74. The smallest absolute Gasteiger partial charge is 0.329 e. The summed E-state index contributed by atoms with van der Waals surface area (Å²) in [5.41, 5.74) is 0.815. The number of carboxylic acids is 1. The van der Waals surface area contributed by atoms with Crippen molar-refractivity contribution < 1.29 is 19.5 Å². The number of amides is 2. The van der Waals surface area contributed by atoms with Crippen LogP contribution in [0.4, 0.5) is 5.69 Å². The van der Waals surface area contributed by atoms with Crippen molar-refractivity contribution in [3.8, 4) is 0 Å². The molecule has 0 aromatic heterocycles. The third kappa shape index (κ3) is 3.45. The monoisotopic (exact) mass is 358 g/mol. The molecule has 2 amide bonds. The molecule has 1 aliphatic carbocycles. The molecule has 3 rings (SSSR count). The number of benzene rings is 1. The Morgan fingerprint density at radius 1 is 1.19 bits per heavy atom. The number of carboxylic acid groups (broad SMARTS) is 1. The average molecular weight is 358 g/mol. The van der Waals surface area contributed by atoms with Crippen LogP contribution in [-0.4, -0.2) is 35.0 Å². The fourth-order valence-electron chi connectivity index (χ4n) is 3.88. The van der Waals surface area contributed by atoms with Gasteiger partial charge < -0.3 is 15.3 Å². The summed E-state index contributed by atoms with van der Waals surface area (Å²) in [5, 5.41) is 12.2. The molecule has 6 heteroatoms. The average Bonchev–Trinajstić information content (AvgIpc) is 3.22. The van der Waals surface area contributed by atoms with Crippen molar-refractivity contribution in [2.24, 2.45) is 5.92 Å². The highest BCUT2D eigenvalue weighted by Gasteiger charge is 2.45. The molecule has 2 N–H and O–H groups in total. The van der Waals surface area contributed by atoms with E-state index < -0.39 is 17.4 Å². The van der Waals surface area contributed by atoms with E-state index in [0.717, 1.165) is 18.5 Å². The molecule has 1 aromatic rings. The molecular weight excluding hydrogens is 332 g/mol. The SMILES string of the molecule is CC(C)c1ccc(N2CC(C(=O)NC3(C(=O)O)CCCC3)CC2=O)cc1. The Bertz CT molecular complexity index is 705. The predicted molar refractivity (Wildman–Crippen MR) is 98.0 cm³/mol. The lowest BCUT2D eigenvalue weighted by Crippen LogP contribution is -2.54. The van der Waals surface area contributed by atoms with Crippen LogP contribution >= 0.6 is 0 Å². The van der Waals surface area contributed by atoms with E-state index in [1.54, 1.807) is 4.90 Å². The Labute approximate surface area is 153 Å². The van der Waals surface area contributed by atoms with Gasteiger partial charge in [-0.25, -0.2) is 4.79 Å². The summed E-state index contributed by atoms with van der Waals surface area (Å²) in [6, 6.07) is 7.81. The van der Waals surface area contributed by atoms with Gasteiger partial charge in [0, 0.05) is 18.7 Å². The Kier molecular flexibility index (Phi) is 5.03. The van der Waals surface area contributed by atoms with Crippen LogP contribution in [0.5, 0.6) is 0 Å². The van der Waals surface area contributed by atoms with Gasteiger partial charge in [-0.15, -0.1) is 0 Å². The van der Waals surface area contributed by atoms with Crippen LogP contribution in [0.1, 0.15) is 57.4 Å². The summed E-state index contributed by atoms with van der Waals surface area (Å²) in [7, 11) is 0. The molecule has 0 spiro atoms. The van der Waals surface area contributed by atoms with Crippen molar-refractivity contribution in [3.63, 3.8) is 0 Å². The van der Waals surface area contributed by atoms with Gasteiger partial charge in [0.25, 0.3) is 0 Å². The van der Waals surface area contributed by atoms with E-state index in [0.29, 0.717) is 25.3 Å². The first-order chi connectivity index (χ1) is 12.3. The molecule has 0 bridgehead atoms. The van der Waals surface area contributed by atoms with Gasteiger partial charge in [-0.3, -0.25) is 9.59 Å². The summed E-state index contributed by atoms with van der Waals surface area (Å²) in [4.78, 5) is 38.3. The molecule has 1 aliphatic heterocycles. The molecule has 1 saturated heterocycles. The number of carbonyl (C=O) groups is 3. The number of hydrogen-bond donors (Lipinski definition) is 2.